The predicted molar refractivity (Wildman–Crippen MR) is 104 cm³/mol. The molecular weight excluding hydrogens is 385 g/mol. The molecule has 144 valence electrons. The van der Waals surface area contributed by atoms with Crippen molar-refractivity contribution < 1.29 is 17.9 Å². The summed E-state index contributed by atoms with van der Waals surface area (Å²) in [6, 6.07) is 13.2. The maximum Gasteiger partial charge on any atom is 0.181 e. The highest BCUT2D eigenvalue weighted by atomic mass is 32.2. The molecule has 4 rings (SSSR count). The van der Waals surface area contributed by atoms with Gasteiger partial charge in [0, 0.05) is 23.9 Å². The summed E-state index contributed by atoms with van der Waals surface area (Å²) < 4.78 is 39.1. The average molecular weight is 408 g/mol. The van der Waals surface area contributed by atoms with E-state index in [-0.39, 0.29) is 11.0 Å². The van der Waals surface area contributed by atoms with E-state index in [1.165, 1.54) is 23.9 Å². The summed E-state index contributed by atoms with van der Waals surface area (Å²) in [7, 11) is -3.25. The minimum absolute atomic E-state index is 0.282. The smallest absolute Gasteiger partial charge is 0.181 e. The van der Waals surface area contributed by atoms with Crippen LogP contribution >= 0.6 is 11.8 Å². The SMILES string of the molecule is O=S(=O)(c1ccccc1)C1C[C@@H]2CN(CSc3ccc(O)c(F)c3)C[C@@H]2C1. The molecule has 1 aliphatic heterocycles. The first kappa shape index (κ1) is 18.8. The van der Waals surface area contributed by atoms with Crippen molar-refractivity contribution in [3.05, 3.63) is 54.3 Å². The zero-order valence-corrected chi connectivity index (χ0v) is 16.4. The molecule has 1 saturated heterocycles. The molecule has 2 aliphatic rings. The molecular formula is C20H22FNO3S2. The second-order valence-corrected chi connectivity index (χ2v) is 10.6. The Balaban J connectivity index is 1.34. The van der Waals surface area contributed by atoms with E-state index in [4.69, 9.17) is 0 Å². The van der Waals surface area contributed by atoms with Crippen molar-refractivity contribution >= 4 is 21.6 Å². The van der Waals surface area contributed by atoms with Crippen LogP contribution in [0.4, 0.5) is 4.39 Å². The van der Waals surface area contributed by atoms with Gasteiger partial charge < -0.3 is 5.11 Å². The van der Waals surface area contributed by atoms with Gasteiger partial charge in [-0.1, -0.05) is 18.2 Å². The molecule has 0 bridgehead atoms. The van der Waals surface area contributed by atoms with Gasteiger partial charge in [0.15, 0.2) is 21.4 Å². The standard InChI is InChI=1S/C20H22FNO3S2/c21-19-10-16(6-7-20(19)23)26-13-22-11-14-8-18(9-15(14)12-22)27(24,25)17-4-2-1-3-5-17/h1-7,10,14-15,18,23H,8-9,11-13H2/t14-,15+,18?. The molecule has 3 atom stereocenters. The Kier molecular flexibility index (Phi) is 5.18. The van der Waals surface area contributed by atoms with Gasteiger partial charge in [-0.3, -0.25) is 4.90 Å². The summed E-state index contributed by atoms with van der Waals surface area (Å²) in [6.45, 7) is 1.78. The van der Waals surface area contributed by atoms with Crippen LogP contribution in [-0.4, -0.2) is 42.6 Å². The first-order valence-corrected chi connectivity index (χ1v) is 11.6. The quantitative estimate of drug-likeness (QED) is 0.765. The van der Waals surface area contributed by atoms with Crippen molar-refractivity contribution in [2.75, 3.05) is 19.0 Å². The number of halogens is 1. The van der Waals surface area contributed by atoms with E-state index in [1.807, 2.05) is 6.07 Å². The van der Waals surface area contributed by atoms with Gasteiger partial charge in [-0.25, -0.2) is 12.8 Å². The zero-order chi connectivity index (χ0) is 19.0. The van der Waals surface area contributed by atoms with E-state index in [9.17, 15) is 17.9 Å². The Morgan fingerprint density at radius 3 is 2.37 bits per heavy atom. The fraction of sp³-hybridized carbons (Fsp3) is 0.400. The Hall–Kier alpha value is -1.57. The fourth-order valence-electron chi connectivity index (χ4n) is 4.25. The third kappa shape index (κ3) is 3.86. The fourth-order valence-corrected chi connectivity index (χ4v) is 7.06. The molecule has 7 heteroatoms. The van der Waals surface area contributed by atoms with Crippen LogP contribution in [0, 0.1) is 17.7 Å². The maximum atomic E-state index is 13.4. The van der Waals surface area contributed by atoms with E-state index < -0.39 is 15.7 Å². The van der Waals surface area contributed by atoms with E-state index in [0.29, 0.717) is 16.7 Å². The monoisotopic (exact) mass is 407 g/mol. The van der Waals surface area contributed by atoms with Gasteiger partial charge in [0.2, 0.25) is 0 Å². The number of aromatic hydroxyl groups is 1. The number of thioether (sulfide) groups is 1. The third-order valence-corrected chi connectivity index (χ3v) is 8.90. The number of fused-ring (bicyclic) bond motifs is 1. The number of hydrogen-bond acceptors (Lipinski definition) is 5. The Bertz CT molecular complexity index is 906. The number of likely N-dealkylation sites (tertiary alicyclic amines) is 1. The molecule has 2 aromatic rings. The summed E-state index contributed by atoms with van der Waals surface area (Å²) in [5.74, 6) is 0.622. The Morgan fingerprint density at radius 2 is 1.74 bits per heavy atom. The number of hydrogen-bond donors (Lipinski definition) is 1. The van der Waals surface area contributed by atoms with Crippen molar-refractivity contribution in [3.63, 3.8) is 0 Å². The minimum atomic E-state index is -3.25. The molecule has 0 radical (unpaired) electrons. The molecule has 0 aromatic heterocycles. The van der Waals surface area contributed by atoms with Gasteiger partial charge in [-0.15, -0.1) is 11.8 Å². The van der Waals surface area contributed by atoms with E-state index >= 15 is 0 Å². The summed E-state index contributed by atoms with van der Waals surface area (Å²) in [4.78, 5) is 3.53. The molecule has 1 heterocycles. The van der Waals surface area contributed by atoms with Crippen molar-refractivity contribution in [1.29, 1.82) is 0 Å². The molecule has 1 aliphatic carbocycles. The van der Waals surface area contributed by atoms with Crippen LogP contribution < -0.4 is 0 Å². The summed E-state index contributed by atoms with van der Waals surface area (Å²) in [6.07, 6.45) is 1.44. The number of rotatable bonds is 5. The highest BCUT2D eigenvalue weighted by Gasteiger charge is 2.45. The lowest BCUT2D eigenvalue weighted by molar-refractivity contribution is 0.364. The number of phenolic OH excluding ortho intramolecular Hbond substituents is 1. The van der Waals surface area contributed by atoms with Gasteiger partial charge in [0.1, 0.15) is 0 Å². The molecule has 0 spiro atoms. The first-order valence-electron chi connectivity index (χ1n) is 9.06. The zero-order valence-electron chi connectivity index (χ0n) is 14.8. The average Bonchev–Trinajstić information content (AvgIpc) is 3.23. The number of benzene rings is 2. The van der Waals surface area contributed by atoms with Crippen molar-refractivity contribution in [3.8, 4) is 5.75 Å². The summed E-state index contributed by atoms with van der Waals surface area (Å²) in [5, 5.41) is 8.98. The highest BCUT2D eigenvalue weighted by Crippen LogP contribution is 2.43. The predicted octanol–water partition coefficient (Wildman–Crippen LogP) is 3.77. The Morgan fingerprint density at radius 1 is 1.07 bits per heavy atom. The normalized spacial score (nSPS) is 25.6. The van der Waals surface area contributed by atoms with Gasteiger partial charge in [0.05, 0.1) is 10.1 Å². The Labute approximate surface area is 163 Å². The van der Waals surface area contributed by atoms with Crippen LogP contribution in [0.15, 0.2) is 58.3 Å². The number of sulfone groups is 1. The second kappa shape index (κ2) is 7.45. The van der Waals surface area contributed by atoms with E-state index in [0.717, 1.165) is 36.7 Å². The summed E-state index contributed by atoms with van der Waals surface area (Å²) >= 11 is 1.54. The van der Waals surface area contributed by atoms with Gasteiger partial charge in [0.25, 0.3) is 0 Å². The second-order valence-electron chi connectivity index (χ2n) is 7.39. The van der Waals surface area contributed by atoms with Crippen LogP contribution in [-0.2, 0) is 9.84 Å². The lowest BCUT2D eigenvalue weighted by atomic mass is 10.0. The lowest BCUT2D eigenvalue weighted by Gasteiger charge is -2.19. The van der Waals surface area contributed by atoms with Crippen molar-refractivity contribution in [2.45, 2.75) is 27.9 Å². The van der Waals surface area contributed by atoms with Crippen molar-refractivity contribution in [1.82, 2.24) is 4.90 Å². The van der Waals surface area contributed by atoms with Crippen LogP contribution in [0.3, 0.4) is 0 Å². The van der Waals surface area contributed by atoms with Gasteiger partial charge >= 0.3 is 0 Å². The molecule has 2 aromatic carbocycles. The lowest BCUT2D eigenvalue weighted by Crippen LogP contribution is -2.25. The number of nitrogens with zero attached hydrogens (tertiary/aromatic N) is 1. The molecule has 2 fully saturated rings. The molecule has 27 heavy (non-hydrogen) atoms. The molecule has 1 N–H and O–H groups in total. The molecule has 1 saturated carbocycles. The van der Waals surface area contributed by atoms with Crippen LogP contribution in [0.1, 0.15) is 12.8 Å². The topological polar surface area (TPSA) is 57.6 Å². The first-order chi connectivity index (χ1) is 12.9. The minimum Gasteiger partial charge on any atom is -0.505 e. The molecule has 4 nitrogen and oxygen atoms in total. The van der Waals surface area contributed by atoms with Crippen LogP contribution in [0.2, 0.25) is 0 Å². The van der Waals surface area contributed by atoms with Crippen molar-refractivity contribution in [2.24, 2.45) is 11.8 Å². The maximum absolute atomic E-state index is 13.4. The number of phenols is 1. The summed E-state index contributed by atoms with van der Waals surface area (Å²) in [5.41, 5.74) is 0. The van der Waals surface area contributed by atoms with Gasteiger partial charge in [-0.05, 0) is 55.0 Å². The van der Waals surface area contributed by atoms with Gasteiger partial charge in [-0.2, -0.15) is 0 Å². The molecule has 1 unspecified atom stereocenters. The largest absolute Gasteiger partial charge is 0.505 e. The third-order valence-electron chi connectivity index (χ3n) is 5.63. The van der Waals surface area contributed by atoms with Crippen LogP contribution in [0.25, 0.3) is 0 Å². The van der Waals surface area contributed by atoms with E-state index in [1.54, 1.807) is 30.3 Å². The van der Waals surface area contributed by atoms with E-state index in [2.05, 4.69) is 4.90 Å². The molecule has 0 amide bonds. The van der Waals surface area contributed by atoms with Crippen LogP contribution in [0.5, 0.6) is 5.75 Å². The highest BCUT2D eigenvalue weighted by molar-refractivity contribution is 7.99.